The van der Waals surface area contributed by atoms with Crippen LogP contribution in [0.25, 0.3) is 0 Å². The molecule has 0 radical (unpaired) electrons. The molecule has 0 amide bonds. The molecule has 1 aromatic rings. The molecule has 82 valence electrons. The van der Waals surface area contributed by atoms with E-state index in [2.05, 4.69) is 48.6 Å². The fraction of sp³-hybridized carbons (Fsp3) is 0.500. The summed E-state index contributed by atoms with van der Waals surface area (Å²) in [5.41, 5.74) is 2.68. The molecule has 0 aromatic heterocycles. The van der Waals surface area contributed by atoms with Gasteiger partial charge in [0.05, 0.1) is 0 Å². The van der Waals surface area contributed by atoms with E-state index < -0.39 is 0 Å². The molecule has 0 spiro atoms. The Balaban J connectivity index is 2.08. The predicted octanol–water partition coefficient (Wildman–Crippen LogP) is 2.13. The number of nitrogens with one attached hydrogen (secondary N) is 1. The molecule has 1 N–H and O–H groups in total. The third kappa shape index (κ3) is 2.67. The molecular formula is C12H18N2S. The average Bonchev–Trinajstić information content (AvgIpc) is 2.30. The minimum atomic E-state index is 0.542. The molecule has 2 nitrogen and oxygen atoms in total. The Morgan fingerprint density at radius 2 is 2.00 bits per heavy atom. The summed E-state index contributed by atoms with van der Waals surface area (Å²) in [5, 5.41) is 3.55. The summed E-state index contributed by atoms with van der Waals surface area (Å²) in [6.07, 6.45) is 0. The number of rotatable bonds is 2. The molecule has 3 heteroatoms. The van der Waals surface area contributed by atoms with Crippen molar-refractivity contribution in [3.05, 3.63) is 29.8 Å². The van der Waals surface area contributed by atoms with E-state index in [4.69, 9.17) is 0 Å². The lowest BCUT2D eigenvalue weighted by molar-refractivity contribution is 0.595. The van der Waals surface area contributed by atoms with E-state index in [1.165, 1.54) is 22.8 Å². The van der Waals surface area contributed by atoms with Crippen LogP contribution in [-0.4, -0.2) is 32.1 Å². The SMILES string of the molecule is CN(C)c1ccc([C@H]2CSCCN2)cc1. The number of hydrogen-bond donors (Lipinski definition) is 1. The number of anilines is 1. The molecule has 1 aliphatic rings. The van der Waals surface area contributed by atoms with Crippen molar-refractivity contribution in [2.75, 3.05) is 37.0 Å². The predicted molar refractivity (Wildman–Crippen MR) is 68.8 cm³/mol. The van der Waals surface area contributed by atoms with Gasteiger partial charge in [-0.3, -0.25) is 0 Å². The van der Waals surface area contributed by atoms with Crippen LogP contribution in [0.1, 0.15) is 11.6 Å². The van der Waals surface area contributed by atoms with Gasteiger partial charge in [0.2, 0.25) is 0 Å². The van der Waals surface area contributed by atoms with Crippen molar-refractivity contribution < 1.29 is 0 Å². The zero-order chi connectivity index (χ0) is 10.7. The van der Waals surface area contributed by atoms with Gasteiger partial charge >= 0.3 is 0 Å². The maximum absolute atomic E-state index is 3.55. The summed E-state index contributed by atoms with van der Waals surface area (Å²) >= 11 is 2.04. The highest BCUT2D eigenvalue weighted by Gasteiger charge is 2.14. The maximum Gasteiger partial charge on any atom is 0.0412 e. The lowest BCUT2D eigenvalue weighted by atomic mass is 10.1. The molecule has 1 aliphatic heterocycles. The highest BCUT2D eigenvalue weighted by molar-refractivity contribution is 7.99. The fourth-order valence-electron chi connectivity index (χ4n) is 1.78. The van der Waals surface area contributed by atoms with E-state index in [-0.39, 0.29) is 0 Å². The minimum Gasteiger partial charge on any atom is -0.378 e. The molecule has 1 heterocycles. The van der Waals surface area contributed by atoms with Gasteiger partial charge < -0.3 is 10.2 Å². The molecule has 1 atom stereocenters. The van der Waals surface area contributed by atoms with Gasteiger partial charge in [-0.05, 0) is 17.7 Å². The average molecular weight is 222 g/mol. The first-order chi connectivity index (χ1) is 7.27. The second-order valence-electron chi connectivity index (χ2n) is 4.07. The lowest BCUT2D eigenvalue weighted by Crippen LogP contribution is -2.30. The Bertz CT molecular complexity index is 302. The van der Waals surface area contributed by atoms with Gasteiger partial charge in [0.25, 0.3) is 0 Å². The smallest absolute Gasteiger partial charge is 0.0412 e. The Hall–Kier alpha value is -0.670. The summed E-state index contributed by atoms with van der Waals surface area (Å²) in [7, 11) is 4.15. The fourth-order valence-corrected chi connectivity index (χ4v) is 2.76. The van der Waals surface area contributed by atoms with Gasteiger partial charge in [0.15, 0.2) is 0 Å². The molecule has 1 saturated heterocycles. The van der Waals surface area contributed by atoms with Gasteiger partial charge in [-0.2, -0.15) is 11.8 Å². The number of hydrogen-bond acceptors (Lipinski definition) is 3. The zero-order valence-electron chi connectivity index (χ0n) is 9.36. The van der Waals surface area contributed by atoms with Crippen LogP contribution in [0.4, 0.5) is 5.69 Å². The van der Waals surface area contributed by atoms with Gasteiger partial charge in [-0.15, -0.1) is 0 Å². The van der Waals surface area contributed by atoms with E-state index in [1.54, 1.807) is 0 Å². The van der Waals surface area contributed by atoms with E-state index in [0.717, 1.165) is 6.54 Å². The van der Waals surface area contributed by atoms with Gasteiger partial charge in [0, 0.05) is 43.9 Å². The zero-order valence-corrected chi connectivity index (χ0v) is 10.2. The first-order valence-electron chi connectivity index (χ1n) is 5.36. The maximum atomic E-state index is 3.55. The first-order valence-corrected chi connectivity index (χ1v) is 6.51. The Morgan fingerprint density at radius 1 is 1.27 bits per heavy atom. The third-order valence-electron chi connectivity index (χ3n) is 2.73. The first kappa shape index (κ1) is 10.8. The van der Waals surface area contributed by atoms with Crippen LogP contribution >= 0.6 is 11.8 Å². The van der Waals surface area contributed by atoms with Crippen LogP contribution in [0.2, 0.25) is 0 Å². The van der Waals surface area contributed by atoms with Crippen LogP contribution < -0.4 is 10.2 Å². The van der Waals surface area contributed by atoms with Crippen molar-refractivity contribution in [1.29, 1.82) is 0 Å². The summed E-state index contributed by atoms with van der Waals surface area (Å²) in [5.74, 6) is 2.44. The molecule has 0 unspecified atom stereocenters. The largest absolute Gasteiger partial charge is 0.378 e. The highest BCUT2D eigenvalue weighted by Crippen LogP contribution is 2.23. The van der Waals surface area contributed by atoms with Gasteiger partial charge in [-0.1, -0.05) is 12.1 Å². The van der Waals surface area contributed by atoms with Crippen LogP contribution in [-0.2, 0) is 0 Å². The molecule has 15 heavy (non-hydrogen) atoms. The molecule has 0 bridgehead atoms. The summed E-state index contributed by atoms with van der Waals surface area (Å²) in [6, 6.07) is 9.39. The van der Waals surface area contributed by atoms with Crippen LogP contribution in [0, 0.1) is 0 Å². The van der Waals surface area contributed by atoms with Crippen molar-refractivity contribution in [2.45, 2.75) is 6.04 Å². The topological polar surface area (TPSA) is 15.3 Å². The van der Waals surface area contributed by atoms with E-state index in [0.29, 0.717) is 6.04 Å². The van der Waals surface area contributed by atoms with E-state index >= 15 is 0 Å². The highest BCUT2D eigenvalue weighted by atomic mass is 32.2. The van der Waals surface area contributed by atoms with E-state index in [9.17, 15) is 0 Å². The van der Waals surface area contributed by atoms with Gasteiger partial charge in [0.1, 0.15) is 0 Å². The molecule has 1 aromatic carbocycles. The number of thioether (sulfide) groups is 1. The Morgan fingerprint density at radius 3 is 2.53 bits per heavy atom. The summed E-state index contributed by atoms with van der Waals surface area (Å²) < 4.78 is 0. The Labute approximate surface area is 96.0 Å². The molecule has 0 saturated carbocycles. The molecule has 1 fully saturated rings. The molecule has 2 rings (SSSR count). The monoisotopic (exact) mass is 222 g/mol. The van der Waals surface area contributed by atoms with Crippen molar-refractivity contribution in [3.8, 4) is 0 Å². The quantitative estimate of drug-likeness (QED) is 0.825. The summed E-state index contributed by atoms with van der Waals surface area (Å²) in [4.78, 5) is 2.13. The van der Waals surface area contributed by atoms with Crippen molar-refractivity contribution in [1.82, 2.24) is 5.32 Å². The van der Waals surface area contributed by atoms with Crippen molar-refractivity contribution >= 4 is 17.4 Å². The molecule has 0 aliphatic carbocycles. The van der Waals surface area contributed by atoms with Crippen LogP contribution in [0.15, 0.2) is 24.3 Å². The number of nitrogens with zero attached hydrogens (tertiary/aromatic N) is 1. The number of benzene rings is 1. The van der Waals surface area contributed by atoms with Crippen molar-refractivity contribution in [2.24, 2.45) is 0 Å². The Kier molecular flexibility index (Phi) is 3.54. The second kappa shape index (κ2) is 4.90. The normalized spacial score (nSPS) is 21.3. The lowest BCUT2D eigenvalue weighted by Gasteiger charge is -2.24. The standard InChI is InChI=1S/C12H18N2S/c1-14(2)11-5-3-10(4-6-11)12-9-15-8-7-13-12/h3-6,12-13H,7-9H2,1-2H3/t12-/m1/s1. The second-order valence-corrected chi connectivity index (χ2v) is 5.22. The third-order valence-corrected chi connectivity index (χ3v) is 3.80. The summed E-state index contributed by atoms with van der Waals surface area (Å²) in [6.45, 7) is 1.13. The van der Waals surface area contributed by atoms with E-state index in [1.807, 2.05) is 11.8 Å². The van der Waals surface area contributed by atoms with Crippen LogP contribution in [0.3, 0.4) is 0 Å². The van der Waals surface area contributed by atoms with Crippen LogP contribution in [0.5, 0.6) is 0 Å². The molecular weight excluding hydrogens is 204 g/mol. The van der Waals surface area contributed by atoms with Gasteiger partial charge in [-0.25, -0.2) is 0 Å². The van der Waals surface area contributed by atoms with Crippen molar-refractivity contribution in [3.63, 3.8) is 0 Å². The minimum absolute atomic E-state index is 0.542.